The molecule has 0 unspecified atom stereocenters. The number of carbonyl (C=O) groups is 2. The minimum Gasteiger partial charge on any atom is -0.476 e. The summed E-state index contributed by atoms with van der Waals surface area (Å²) in [5, 5.41) is 15.9. The minimum absolute atomic E-state index is 0.0654. The number of hydrogen-bond donors (Lipinski definition) is 1. The number of benzene rings is 1. The number of likely N-dealkylation sites (N-methyl/N-ethyl adjacent to an activating group) is 1. The van der Waals surface area contributed by atoms with Crippen LogP contribution in [0, 0.1) is 13.8 Å². The van der Waals surface area contributed by atoms with Gasteiger partial charge >= 0.3 is 5.97 Å². The van der Waals surface area contributed by atoms with Crippen LogP contribution in [0.15, 0.2) is 24.4 Å². The standard InChI is InChI=1S/C14H16N4O3/c1-9-4-5-12(10(2)6-9)17(3)13(19)8-18-7-11(14(20)21)15-16-18/h4-7H,8H2,1-3H3,(H,20,21). The number of rotatable bonds is 4. The van der Waals surface area contributed by atoms with Crippen molar-refractivity contribution in [2.45, 2.75) is 20.4 Å². The Hall–Kier alpha value is -2.70. The first-order valence-corrected chi connectivity index (χ1v) is 6.35. The van der Waals surface area contributed by atoms with Crippen LogP contribution in [-0.2, 0) is 11.3 Å². The Morgan fingerprint density at radius 3 is 2.62 bits per heavy atom. The van der Waals surface area contributed by atoms with E-state index in [4.69, 9.17) is 5.11 Å². The Bertz CT molecular complexity index is 693. The lowest BCUT2D eigenvalue weighted by Gasteiger charge is -2.19. The summed E-state index contributed by atoms with van der Waals surface area (Å²) in [5.41, 5.74) is 2.75. The molecule has 1 N–H and O–H groups in total. The number of hydrogen-bond acceptors (Lipinski definition) is 4. The number of anilines is 1. The molecule has 1 aromatic heterocycles. The topological polar surface area (TPSA) is 88.3 Å². The molecule has 0 spiro atoms. The number of aromatic nitrogens is 3. The van der Waals surface area contributed by atoms with E-state index in [0.717, 1.165) is 16.8 Å². The van der Waals surface area contributed by atoms with E-state index in [1.54, 1.807) is 7.05 Å². The van der Waals surface area contributed by atoms with E-state index in [2.05, 4.69) is 10.3 Å². The Morgan fingerprint density at radius 1 is 1.33 bits per heavy atom. The summed E-state index contributed by atoms with van der Waals surface area (Å²) in [6.45, 7) is 3.86. The van der Waals surface area contributed by atoms with E-state index < -0.39 is 5.97 Å². The van der Waals surface area contributed by atoms with Crippen molar-refractivity contribution in [1.29, 1.82) is 0 Å². The lowest BCUT2D eigenvalue weighted by molar-refractivity contribution is -0.119. The van der Waals surface area contributed by atoms with E-state index in [-0.39, 0.29) is 18.1 Å². The number of aryl methyl sites for hydroxylation is 2. The van der Waals surface area contributed by atoms with E-state index >= 15 is 0 Å². The highest BCUT2D eigenvalue weighted by Crippen LogP contribution is 2.20. The predicted molar refractivity (Wildman–Crippen MR) is 76.3 cm³/mol. The van der Waals surface area contributed by atoms with Crippen molar-refractivity contribution in [2.75, 3.05) is 11.9 Å². The van der Waals surface area contributed by atoms with Gasteiger partial charge in [0, 0.05) is 12.7 Å². The lowest BCUT2D eigenvalue weighted by atomic mass is 10.1. The molecule has 0 aliphatic heterocycles. The monoisotopic (exact) mass is 288 g/mol. The van der Waals surface area contributed by atoms with Crippen molar-refractivity contribution in [1.82, 2.24) is 15.0 Å². The highest BCUT2D eigenvalue weighted by Gasteiger charge is 2.16. The highest BCUT2D eigenvalue weighted by atomic mass is 16.4. The van der Waals surface area contributed by atoms with Crippen LogP contribution in [0.1, 0.15) is 21.6 Å². The fourth-order valence-corrected chi connectivity index (χ4v) is 2.03. The van der Waals surface area contributed by atoms with Gasteiger partial charge in [-0.25, -0.2) is 9.48 Å². The molecule has 0 fully saturated rings. The zero-order valence-corrected chi connectivity index (χ0v) is 12.1. The third kappa shape index (κ3) is 3.25. The van der Waals surface area contributed by atoms with Crippen LogP contribution < -0.4 is 4.90 Å². The van der Waals surface area contributed by atoms with Crippen molar-refractivity contribution < 1.29 is 14.7 Å². The van der Waals surface area contributed by atoms with Crippen molar-refractivity contribution in [3.05, 3.63) is 41.2 Å². The van der Waals surface area contributed by atoms with E-state index in [9.17, 15) is 9.59 Å². The van der Waals surface area contributed by atoms with Gasteiger partial charge in [-0.3, -0.25) is 4.79 Å². The third-order valence-corrected chi connectivity index (χ3v) is 3.14. The molecule has 2 aromatic rings. The largest absolute Gasteiger partial charge is 0.476 e. The second kappa shape index (κ2) is 5.74. The average Bonchev–Trinajstić information content (AvgIpc) is 2.86. The summed E-state index contributed by atoms with van der Waals surface area (Å²) in [7, 11) is 1.68. The summed E-state index contributed by atoms with van der Waals surface area (Å²) in [6, 6.07) is 5.81. The van der Waals surface area contributed by atoms with Crippen LogP contribution in [0.25, 0.3) is 0 Å². The summed E-state index contributed by atoms with van der Waals surface area (Å²) < 4.78 is 1.21. The molecule has 0 saturated carbocycles. The second-order valence-electron chi connectivity index (χ2n) is 4.85. The van der Waals surface area contributed by atoms with Crippen LogP contribution in [0.4, 0.5) is 5.69 Å². The molecule has 0 bridgehead atoms. The zero-order chi connectivity index (χ0) is 15.6. The quantitative estimate of drug-likeness (QED) is 0.914. The van der Waals surface area contributed by atoms with Crippen LogP contribution in [0.2, 0.25) is 0 Å². The molecule has 0 atom stereocenters. The van der Waals surface area contributed by atoms with Gasteiger partial charge in [0.15, 0.2) is 5.69 Å². The summed E-state index contributed by atoms with van der Waals surface area (Å²) in [5.74, 6) is -1.37. The van der Waals surface area contributed by atoms with Crippen molar-refractivity contribution in [3.63, 3.8) is 0 Å². The Balaban J connectivity index is 2.13. The number of carboxylic acid groups (broad SMARTS) is 1. The molecule has 0 aliphatic carbocycles. The maximum absolute atomic E-state index is 12.2. The van der Waals surface area contributed by atoms with Gasteiger partial charge in [-0.1, -0.05) is 22.9 Å². The molecule has 2 rings (SSSR count). The average molecular weight is 288 g/mol. The van der Waals surface area contributed by atoms with Gasteiger partial charge in [-0.05, 0) is 25.5 Å². The molecule has 1 aromatic carbocycles. The van der Waals surface area contributed by atoms with Gasteiger partial charge < -0.3 is 10.0 Å². The maximum Gasteiger partial charge on any atom is 0.358 e. The number of carboxylic acids is 1. The fourth-order valence-electron chi connectivity index (χ4n) is 2.03. The Labute approximate surface area is 121 Å². The molecule has 0 saturated heterocycles. The van der Waals surface area contributed by atoms with E-state index in [1.165, 1.54) is 15.8 Å². The van der Waals surface area contributed by atoms with Crippen molar-refractivity contribution in [2.24, 2.45) is 0 Å². The third-order valence-electron chi connectivity index (χ3n) is 3.14. The highest BCUT2D eigenvalue weighted by molar-refractivity contribution is 5.93. The zero-order valence-electron chi connectivity index (χ0n) is 12.1. The molecule has 7 nitrogen and oxygen atoms in total. The van der Waals surface area contributed by atoms with Gasteiger partial charge in [0.2, 0.25) is 5.91 Å². The summed E-state index contributed by atoms with van der Waals surface area (Å²) >= 11 is 0. The molecule has 0 aliphatic rings. The number of aromatic carboxylic acids is 1. The number of nitrogens with zero attached hydrogens (tertiary/aromatic N) is 4. The Morgan fingerprint density at radius 2 is 2.05 bits per heavy atom. The van der Waals surface area contributed by atoms with Gasteiger partial charge in [0.05, 0.1) is 6.20 Å². The molecule has 21 heavy (non-hydrogen) atoms. The first-order valence-electron chi connectivity index (χ1n) is 6.35. The maximum atomic E-state index is 12.2. The van der Waals surface area contributed by atoms with Crippen LogP contribution in [-0.4, -0.2) is 39.0 Å². The number of carbonyl (C=O) groups excluding carboxylic acids is 1. The number of amides is 1. The molecule has 1 amide bonds. The summed E-state index contributed by atoms with van der Waals surface area (Å²) in [4.78, 5) is 24.5. The molecule has 1 heterocycles. The SMILES string of the molecule is Cc1ccc(N(C)C(=O)Cn2cc(C(=O)O)nn2)c(C)c1. The van der Waals surface area contributed by atoms with Crippen molar-refractivity contribution in [3.8, 4) is 0 Å². The molecular weight excluding hydrogens is 272 g/mol. The minimum atomic E-state index is -1.17. The Kier molecular flexibility index (Phi) is 4.02. The molecule has 7 heteroatoms. The predicted octanol–water partition coefficient (Wildman–Crippen LogP) is 1.26. The first-order chi connectivity index (χ1) is 9.88. The second-order valence-corrected chi connectivity index (χ2v) is 4.85. The first kappa shape index (κ1) is 14.7. The lowest BCUT2D eigenvalue weighted by Crippen LogP contribution is -2.30. The van der Waals surface area contributed by atoms with E-state index in [1.807, 2.05) is 32.0 Å². The van der Waals surface area contributed by atoms with Gasteiger partial charge in [0.1, 0.15) is 6.54 Å². The molecular formula is C14H16N4O3. The van der Waals surface area contributed by atoms with Gasteiger partial charge in [-0.15, -0.1) is 5.10 Å². The van der Waals surface area contributed by atoms with Crippen molar-refractivity contribution >= 4 is 17.6 Å². The molecule has 0 radical (unpaired) electrons. The van der Waals surface area contributed by atoms with Crippen LogP contribution in [0.5, 0.6) is 0 Å². The van der Waals surface area contributed by atoms with E-state index in [0.29, 0.717) is 0 Å². The molecule has 110 valence electrons. The smallest absolute Gasteiger partial charge is 0.358 e. The summed E-state index contributed by atoms with van der Waals surface area (Å²) in [6.07, 6.45) is 1.23. The van der Waals surface area contributed by atoms with Gasteiger partial charge in [-0.2, -0.15) is 0 Å². The van der Waals surface area contributed by atoms with Crippen LogP contribution in [0.3, 0.4) is 0 Å². The van der Waals surface area contributed by atoms with Gasteiger partial charge in [0.25, 0.3) is 0 Å². The normalized spacial score (nSPS) is 10.4. The van der Waals surface area contributed by atoms with Crippen LogP contribution >= 0.6 is 0 Å². The fraction of sp³-hybridized carbons (Fsp3) is 0.286.